The second-order valence-corrected chi connectivity index (χ2v) is 12.9. The Labute approximate surface area is 298 Å². The van der Waals surface area contributed by atoms with Crippen molar-refractivity contribution in [3.05, 3.63) is 178 Å². The van der Waals surface area contributed by atoms with E-state index >= 15 is 0 Å². The molecule has 6 aromatic rings. The molecule has 6 rings (SSSR count). The van der Waals surface area contributed by atoms with Crippen LogP contribution in [-0.4, -0.2) is 17.7 Å². The molecule has 0 aliphatic carbocycles. The minimum absolute atomic E-state index is 0.0569. The Morgan fingerprint density at radius 1 is 0.653 bits per heavy atom. The van der Waals surface area contributed by atoms with Gasteiger partial charge in [0.05, 0.1) is 0 Å². The molecule has 49 heavy (non-hydrogen) atoms. The van der Waals surface area contributed by atoms with Gasteiger partial charge in [-0.15, -0.1) is 11.8 Å². The summed E-state index contributed by atoms with van der Waals surface area (Å²) in [6.45, 7) is 0. The third-order valence-corrected chi connectivity index (χ3v) is 9.46. The molecule has 0 spiro atoms. The highest BCUT2D eigenvalue weighted by molar-refractivity contribution is 8.00. The SMILES string of the molecule is O=C(Nc1cccc(SC(C(=O)Nc2cccc3ccccc23)c2ccccc2)c1)/C(=C\c1c(Cl)cccc1Cl)NC(=O)c1ccccc1. The zero-order chi connectivity index (χ0) is 34.2. The van der Waals surface area contributed by atoms with Gasteiger partial charge in [0.1, 0.15) is 10.9 Å². The van der Waals surface area contributed by atoms with Gasteiger partial charge >= 0.3 is 0 Å². The van der Waals surface area contributed by atoms with Crippen molar-refractivity contribution in [1.29, 1.82) is 0 Å². The number of benzene rings is 6. The molecule has 3 N–H and O–H groups in total. The van der Waals surface area contributed by atoms with E-state index in [-0.39, 0.29) is 11.6 Å². The normalized spacial score (nSPS) is 11.8. The molecule has 0 heterocycles. The first kappa shape index (κ1) is 33.6. The lowest BCUT2D eigenvalue weighted by Gasteiger charge is -2.18. The van der Waals surface area contributed by atoms with Crippen molar-refractivity contribution in [2.45, 2.75) is 10.1 Å². The third kappa shape index (κ3) is 8.39. The van der Waals surface area contributed by atoms with E-state index in [0.29, 0.717) is 26.9 Å². The maximum absolute atomic E-state index is 13.9. The summed E-state index contributed by atoms with van der Waals surface area (Å²) >= 11 is 14.2. The van der Waals surface area contributed by atoms with Crippen LogP contribution in [0.1, 0.15) is 26.7 Å². The number of amides is 3. The van der Waals surface area contributed by atoms with Gasteiger partial charge in [0, 0.05) is 42.8 Å². The topological polar surface area (TPSA) is 87.3 Å². The summed E-state index contributed by atoms with van der Waals surface area (Å²) < 4.78 is 0. The van der Waals surface area contributed by atoms with E-state index in [0.717, 1.165) is 26.9 Å². The lowest BCUT2D eigenvalue weighted by molar-refractivity contribution is -0.116. The van der Waals surface area contributed by atoms with Crippen molar-refractivity contribution in [2.75, 3.05) is 10.6 Å². The van der Waals surface area contributed by atoms with Crippen molar-refractivity contribution in [3.8, 4) is 0 Å². The molecule has 6 nitrogen and oxygen atoms in total. The quantitative estimate of drug-likeness (QED) is 0.0980. The van der Waals surface area contributed by atoms with Crippen molar-refractivity contribution in [2.24, 2.45) is 0 Å². The zero-order valence-electron chi connectivity index (χ0n) is 25.9. The summed E-state index contributed by atoms with van der Waals surface area (Å²) in [6.07, 6.45) is 1.45. The van der Waals surface area contributed by atoms with Crippen molar-refractivity contribution >= 4 is 80.9 Å². The van der Waals surface area contributed by atoms with E-state index < -0.39 is 17.1 Å². The number of anilines is 2. The summed E-state index contributed by atoms with van der Waals surface area (Å²) in [5.41, 5.74) is 2.71. The number of hydrogen-bond acceptors (Lipinski definition) is 4. The number of carbonyl (C=O) groups excluding carboxylic acids is 3. The van der Waals surface area contributed by atoms with Gasteiger partial charge in [-0.05, 0) is 65.6 Å². The van der Waals surface area contributed by atoms with E-state index in [1.54, 1.807) is 66.7 Å². The molecule has 0 aliphatic rings. The predicted octanol–water partition coefficient (Wildman–Crippen LogP) is 10.0. The highest BCUT2D eigenvalue weighted by atomic mass is 35.5. The Bertz CT molecular complexity index is 2150. The van der Waals surface area contributed by atoms with E-state index in [1.165, 1.54) is 17.8 Å². The fraction of sp³-hybridized carbons (Fsp3) is 0.0250. The van der Waals surface area contributed by atoms with E-state index in [2.05, 4.69) is 16.0 Å². The largest absolute Gasteiger partial charge is 0.324 e. The Kier molecular flexibility index (Phi) is 10.8. The van der Waals surface area contributed by atoms with E-state index in [9.17, 15) is 14.4 Å². The van der Waals surface area contributed by atoms with E-state index in [4.69, 9.17) is 23.2 Å². The molecule has 0 aliphatic heterocycles. The average molecular weight is 703 g/mol. The number of fused-ring (bicyclic) bond motifs is 1. The zero-order valence-corrected chi connectivity index (χ0v) is 28.2. The number of thioether (sulfide) groups is 1. The summed E-state index contributed by atoms with van der Waals surface area (Å²) in [5.74, 6) is -1.25. The maximum atomic E-state index is 13.9. The van der Waals surface area contributed by atoms with Crippen LogP contribution in [0.15, 0.2) is 156 Å². The predicted molar refractivity (Wildman–Crippen MR) is 201 cm³/mol. The standard InChI is InChI=1S/C40H29Cl2N3O3S/c41-33-21-11-22-34(42)32(33)25-36(45-38(46)28-15-5-2-6-16-28)39(47)43-29-18-10-19-30(24-29)49-37(27-13-3-1-4-14-27)40(48)44-35-23-9-17-26-12-7-8-20-31(26)35/h1-25,37H,(H,43,47)(H,44,48)(H,45,46)/b36-25+. The monoisotopic (exact) mass is 701 g/mol. The average Bonchev–Trinajstić information content (AvgIpc) is 3.12. The lowest BCUT2D eigenvalue weighted by atomic mass is 10.1. The van der Waals surface area contributed by atoms with Crippen LogP contribution >= 0.6 is 35.0 Å². The van der Waals surface area contributed by atoms with Crippen LogP contribution in [0.4, 0.5) is 11.4 Å². The summed E-state index contributed by atoms with van der Waals surface area (Å²) in [5, 5.41) is 10.7. The Balaban J connectivity index is 1.26. The van der Waals surface area contributed by atoms with Gasteiger partial charge in [-0.1, -0.05) is 120 Å². The fourth-order valence-electron chi connectivity index (χ4n) is 5.15. The van der Waals surface area contributed by atoms with Crippen LogP contribution in [0.5, 0.6) is 0 Å². The minimum Gasteiger partial charge on any atom is -0.324 e. The summed E-state index contributed by atoms with van der Waals surface area (Å²) in [6, 6.07) is 43.9. The van der Waals surface area contributed by atoms with Crippen molar-refractivity contribution < 1.29 is 14.4 Å². The molecule has 0 aromatic heterocycles. The molecular weight excluding hydrogens is 673 g/mol. The Morgan fingerprint density at radius 3 is 2.04 bits per heavy atom. The summed E-state index contributed by atoms with van der Waals surface area (Å²) in [4.78, 5) is 41.5. The summed E-state index contributed by atoms with van der Waals surface area (Å²) in [7, 11) is 0. The number of nitrogens with one attached hydrogen (secondary N) is 3. The van der Waals surface area contributed by atoms with Gasteiger partial charge in [0.25, 0.3) is 11.8 Å². The molecule has 0 fully saturated rings. The number of halogens is 2. The Morgan fingerprint density at radius 2 is 1.29 bits per heavy atom. The molecule has 9 heteroatoms. The number of hydrogen-bond donors (Lipinski definition) is 3. The van der Waals surface area contributed by atoms with Crippen LogP contribution in [0, 0.1) is 0 Å². The number of rotatable bonds is 10. The van der Waals surface area contributed by atoms with Gasteiger partial charge in [-0.2, -0.15) is 0 Å². The highest BCUT2D eigenvalue weighted by Crippen LogP contribution is 2.38. The second-order valence-electron chi connectivity index (χ2n) is 10.9. The minimum atomic E-state index is -0.603. The molecule has 242 valence electrons. The molecule has 0 saturated heterocycles. The second kappa shape index (κ2) is 15.7. The third-order valence-electron chi connectivity index (χ3n) is 7.55. The molecule has 0 radical (unpaired) electrons. The first-order valence-corrected chi connectivity index (χ1v) is 16.9. The van der Waals surface area contributed by atoms with Crippen LogP contribution < -0.4 is 16.0 Å². The molecule has 0 bridgehead atoms. The first-order chi connectivity index (χ1) is 23.9. The fourth-order valence-corrected chi connectivity index (χ4v) is 6.74. The maximum Gasteiger partial charge on any atom is 0.272 e. The van der Waals surface area contributed by atoms with E-state index in [1.807, 2.05) is 78.9 Å². The smallest absolute Gasteiger partial charge is 0.272 e. The molecule has 0 saturated carbocycles. The van der Waals surface area contributed by atoms with Gasteiger partial charge < -0.3 is 16.0 Å². The van der Waals surface area contributed by atoms with Gasteiger partial charge in [0.2, 0.25) is 5.91 Å². The van der Waals surface area contributed by atoms with Crippen LogP contribution in [0.3, 0.4) is 0 Å². The van der Waals surface area contributed by atoms with Crippen molar-refractivity contribution in [3.63, 3.8) is 0 Å². The van der Waals surface area contributed by atoms with Crippen LogP contribution in [-0.2, 0) is 9.59 Å². The first-order valence-electron chi connectivity index (χ1n) is 15.3. The molecule has 1 unspecified atom stereocenters. The van der Waals surface area contributed by atoms with Gasteiger partial charge in [-0.25, -0.2) is 0 Å². The van der Waals surface area contributed by atoms with Gasteiger partial charge in [0.15, 0.2) is 0 Å². The van der Waals surface area contributed by atoms with Crippen LogP contribution in [0.25, 0.3) is 16.8 Å². The number of carbonyl (C=O) groups is 3. The molecule has 6 aromatic carbocycles. The molecule has 1 atom stereocenters. The van der Waals surface area contributed by atoms with Crippen molar-refractivity contribution in [1.82, 2.24) is 5.32 Å². The lowest BCUT2D eigenvalue weighted by Crippen LogP contribution is -2.30. The highest BCUT2D eigenvalue weighted by Gasteiger charge is 2.23. The van der Waals surface area contributed by atoms with Crippen LogP contribution in [0.2, 0.25) is 10.0 Å². The van der Waals surface area contributed by atoms with Gasteiger partial charge in [-0.3, -0.25) is 14.4 Å². The molecule has 3 amide bonds. The molecular formula is C40H29Cl2N3O3S. The Hall–Kier alpha value is -5.34.